The van der Waals surface area contributed by atoms with Gasteiger partial charge in [-0.3, -0.25) is 0 Å². The fourth-order valence-corrected chi connectivity index (χ4v) is 1.44. The van der Waals surface area contributed by atoms with Gasteiger partial charge in [0.15, 0.2) is 20.3 Å². The number of aliphatic hydroxyl groups is 1. The molecule has 0 aliphatic rings. The summed E-state index contributed by atoms with van der Waals surface area (Å²) in [6, 6.07) is 0. The molecular formula is C2H6O7P2Re-2. The Labute approximate surface area is 81.8 Å². The Morgan fingerprint density at radius 2 is 1.33 bits per heavy atom. The number of hydrogen-bond acceptors (Lipinski definition) is 5. The van der Waals surface area contributed by atoms with Gasteiger partial charge in [0.2, 0.25) is 0 Å². The van der Waals surface area contributed by atoms with E-state index in [1.54, 1.807) is 0 Å². The first-order valence-corrected chi connectivity index (χ1v) is 5.46. The Bertz CT molecular complexity index is 212. The summed E-state index contributed by atoms with van der Waals surface area (Å²) in [5.41, 5.74) is 0. The van der Waals surface area contributed by atoms with Gasteiger partial charge in [-0.2, -0.15) is 0 Å². The molecule has 10 heteroatoms. The third kappa shape index (κ3) is 3.00. The van der Waals surface area contributed by atoms with E-state index in [0.717, 1.165) is 0 Å². The van der Waals surface area contributed by atoms with E-state index >= 15 is 0 Å². The van der Waals surface area contributed by atoms with Crippen LogP contribution in [0.2, 0.25) is 0 Å². The van der Waals surface area contributed by atoms with Crippen LogP contribution in [-0.2, 0) is 29.6 Å². The molecule has 0 spiro atoms. The summed E-state index contributed by atoms with van der Waals surface area (Å²) in [5.74, 6) is 0. The van der Waals surface area contributed by atoms with Crippen LogP contribution in [0, 0.1) is 0 Å². The number of hydrogen-bond donors (Lipinski definition) is 3. The SMILES string of the molecule is CC(O)(P(=O)([O-])O)P(=O)([O-])O.[186Re]. The standard InChI is InChI=1S/C2H8O7P2.Re/c1-2(3,10(4,5)6)11(7,8)9;/h3H,1H3,(H2,4,5,6)(H2,7,8,9);/p-2/i;1+0. The molecule has 0 aromatic heterocycles. The van der Waals surface area contributed by atoms with Crippen LogP contribution in [0.4, 0.5) is 0 Å². The van der Waals surface area contributed by atoms with Crippen LogP contribution in [0.15, 0.2) is 0 Å². The van der Waals surface area contributed by atoms with E-state index < -0.39 is 20.3 Å². The van der Waals surface area contributed by atoms with Crippen LogP contribution in [0.3, 0.4) is 0 Å². The van der Waals surface area contributed by atoms with Crippen LogP contribution >= 0.6 is 15.2 Å². The molecule has 1 radical (unpaired) electrons. The first-order valence-electron chi connectivity index (χ1n) is 2.30. The molecule has 0 bridgehead atoms. The molecule has 75 valence electrons. The largest absolute Gasteiger partial charge is 0.776 e. The van der Waals surface area contributed by atoms with Crippen LogP contribution in [0.5, 0.6) is 0 Å². The molecule has 0 heterocycles. The average molecular weight is 390 g/mol. The van der Waals surface area contributed by atoms with E-state index in [9.17, 15) is 18.9 Å². The van der Waals surface area contributed by atoms with E-state index in [-0.39, 0.29) is 27.3 Å². The Hall–Kier alpha value is 0.922. The monoisotopic (exact) mass is 390 g/mol. The van der Waals surface area contributed by atoms with Crippen molar-refractivity contribution >= 4 is 15.2 Å². The zero-order chi connectivity index (χ0) is 9.50. The van der Waals surface area contributed by atoms with E-state index in [2.05, 4.69) is 0 Å². The molecule has 0 saturated carbocycles. The van der Waals surface area contributed by atoms with Crippen molar-refractivity contribution in [2.75, 3.05) is 0 Å². The minimum Gasteiger partial charge on any atom is -0.776 e. The Morgan fingerprint density at radius 1 is 1.17 bits per heavy atom. The predicted molar refractivity (Wildman–Crippen MR) is 30.3 cm³/mol. The molecule has 0 aliphatic carbocycles. The molecule has 0 rings (SSSR count). The van der Waals surface area contributed by atoms with Crippen molar-refractivity contribution in [1.82, 2.24) is 0 Å². The molecule has 0 saturated heterocycles. The number of rotatable bonds is 2. The Kier molecular flexibility index (Phi) is 5.10. The fourth-order valence-electron chi connectivity index (χ4n) is 0.160. The Morgan fingerprint density at radius 3 is 1.33 bits per heavy atom. The van der Waals surface area contributed by atoms with Crippen molar-refractivity contribution in [3.8, 4) is 0 Å². The zero-order valence-electron chi connectivity index (χ0n) is 5.75. The van der Waals surface area contributed by atoms with Gasteiger partial charge in [-0.1, -0.05) is 0 Å². The molecule has 0 amide bonds. The van der Waals surface area contributed by atoms with Gasteiger partial charge in [0.05, 0.1) is 0 Å². The van der Waals surface area contributed by atoms with Gasteiger partial charge in [-0.15, -0.1) is 0 Å². The molecule has 2 atom stereocenters. The van der Waals surface area contributed by atoms with Gasteiger partial charge in [0.25, 0.3) is 0 Å². The van der Waals surface area contributed by atoms with Crippen molar-refractivity contribution in [2.24, 2.45) is 0 Å². The van der Waals surface area contributed by atoms with E-state index in [0.29, 0.717) is 0 Å². The van der Waals surface area contributed by atoms with E-state index in [1.165, 1.54) is 0 Å². The molecule has 0 aliphatic heterocycles. The fraction of sp³-hybridized carbons (Fsp3) is 1.00. The maximum Gasteiger partial charge on any atom is 0.188 e. The van der Waals surface area contributed by atoms with Gasteiger partial charge < -0.3 is 33.8 Å². The summed E-state index contributed by atoms with van der Waals surface area (Å²) in [6.07, 6.45) is 0. The first-order chi connectivity index (χ1) is 4.50. The molecule has 3 N–H and O–H groups in total. The van der Waals surface area contributed by atoms with Gasteiger partial charge >= 0.3 is 0 Å². The summed E-state index contributed by atoms with van der Waals surface area (Å²) in [4.78, 5) is 36.4. The third-order valence-electron chi connectivity index (χ3n) is 1.07. The predicted octanol–water partition coefficient (Wildman–Crippen LogP) is -2.26. The normalized spacial score (nSPS) is 25.8. The first kappa shape index (κ1) is 15.4. The van der Waals surface area contributed by atoms with Gasteiger partial charge in [0, 0.05) is 20.4 Å². The maximum absolute atomic E-state index is 10.1. The molecule has 0 fully saturated rings. The van der Waals surface area contributed by atoms with Crippen molar-refractivity contribution in [3.05, 3.63) is 0 Å². The van der Waals surface area contributed by atoms with Crippen LogP contribution in [-0.4, -0.2) is 20.0 Å². The summed E-state index contributed by atoms with van der Waals surface area (Å²) in [5, 5.41) is 5.02. The molecule has 2 unspecified atom stereocenters. The van der Waals surface area contributed by atoms with Crippen LogP contribution in [0.1, 0.15) is 6.92 Å². The topological polar surface area (TPSA) is 141 Å². The van der Waals surface area contributed by atoms with Crippen molar-refractivity contribution in [2.45, 2.75) is 12.0 Å². The van der Waals surface area contributed by atoms with Gasteiger partial charge in [0.1, 0.15) is 0 Å². The maximum atomic E-state index is 10.1. The van der Waals surface area contributed by atoms with Crippen molar-refractivity contribution < 1.29 is 54.2 Å². The second kappa shape index (κ2) is 3.97. The summed E-state index contributed by atoms with van der Waals surface area (Å²) in [7, 11) is -11.0. The quantitative estimate of drug-likeness (QED) is 0.452. The average Bonchev–Trinajstić information content (AvgIpc) is 1.58. The second-order valence-electron chi connectivity index (χ2n) is 2.01. The van der Waals surface area contributed by atoms with Crippen molar-refractivity contribution in [1.29, 1.82) is 0 Å². The van der Waals surface area contributed by atoms with Crippen LogP contribution < -0.4 is 9.79 Å². The van der Waals surface area contributed by atoms with Gasteiger partial charge in [-0.05, 0) is 6.92 Å². The molecule has 0 aromatic rings. The summed E-state index contributed by atoms with van der Waals surface area (Å²) >= 11 is 0. The smallest absolute Gasteiger partial charge is 0.188 e. The van der Waals surface area contributed by atoms with Crippen molar-refractivity contribution in [3.63, 3.8) is 0 Å². The Balaban J connectivity index is 0. The van der Waals surface area contributed by atoms with Crippen LogP contribution in [0.25, 0.3) is 0 Å². The summed E-state index contributed by atoms with van der Waals surface area (Å²) in [6.45, 7) is 0.258. The molecular weight excluding hydrogens is 384 g/mol. The second-order valence-corrected chi connectivity index (χ2v) is 6.19. The van der Waals surface area contributed by atoms with E-state index in [1.807, 2.05) is 0 Å². The molecule has 7 nitrogen and oxygen atoms in total. The summed E-state index contributed by atoms with van der Waals surface area (Å²) < 4.78 is 20.2. The minimum atomic E-state index is -5.51. The minimum absolute atomic E-state index is 0. The van der Waals surface area contributed by atoms with Gasteiger partial charge in [-0.25, -0.2) is 0 Å². The third-order valence-corrected chi connectivity index (χ3v) is 4.73. The molecule has 0 aromatic carbocycles. The molecule has 12 heavy (non-hydrogen) atoms. The van der Waals surface area contributed by atoms with E-state index in [4.69, 9.17) is 14.9 Å². The zero-order valence-corrected chi connectivity index (χ0v) is 10.3.